The first-order valence-corrected chi connectivity index (χ1v) is 9.86. The Morgan fingerprint density at radius 2 is 1.93 bits per heavy atom. The fourth-order valence-electron chi connectivity index (χ4n) is 3.97. The van der Waals surface area contributed by atoms with Crippen LogP contribution in [0.1, 0.15) is 51.0 Å². The largest absolute Gasteiger partial charge is 0.493 e. The van der Waals surface area contributed by atoms with Crippen molar-refractivity contribution in [2.75, 3.05) is 20.8 Å². The van der Waals surface area contributed by atoms with Gasteiger partial charge in [0.15, 0.2) is 11.5 Å². The predicted octanol–water partition coefficient (Wildman–Crippen LogP) is 2.89. The second-order valence-electron chi connectivity index (χ2n) is 7.51. The molecule has 0 bridgehead atoms. The Balaban J connectivity index is 1.64. The highest BCUT2D eigenvalue weighted by molar-refractivity contribution is 6.08. The zero-order chi connectivity index (χ0) is 19.4. The van der Waals surface area contributed by atoms with Gasteiger partial charge in [-0.25, -0.2) is 0 Å². The van der Waals surface area contributed by atoms with E-state index in [1.807, 2.05) is 23.1 Å². The molecular formula is C21H30N2O4. The van der Waals surface area contributed by atoms with Crippen LogP contribution in [0.15, 0.2) is 18.2 Å². The van der Waals surface area contributed by atoms with Gasteiger partial charge in [0.05, 0.1) is 14.2 Å². The summed E-state index contributed by atoms with van der Waals surface area (Å²) < 4.78 is 10.5. The minimum absolute atomic E-state index is 0.0267. The molecule has 1 heterocycles. The van der Waals surface area contributed by atoms with Crippen LogP contribution in [0.25, 0.3) is 0 Å². The van der Waals surface area contributed by atoms with Gasteiger partial charge >= 0.3 is 0 Å². The van der Waals surface area contributed by atoms with Crippen LogP contribution in [0.5, 0.6) is 11.5 Å². The Kier molecular flexibility index (Phi) is 5.92. The second kappa shape index (κ2) is 8.19. The maximum Gasteiger partial charge on any atom is 0.238 e. The van der Waals surface area contributed by atoms with Gasteiger partial charge in [-0.2, -0.15) is 0 Å². The number of benzene rings is 1. The maximum absolute atomic E-state index is 13.1. The lowest BCUT2D eigenvalue weighted by atomic mass is 9.95. The van der Waals surface area contributed by atoms with E-state index in [4.69, 9.17) is 9.47 Å². The molecule has 1 aliphatic heterocycles. The van der Waals surface area contributed by atoms with Gasteiger partial charge in [0.25, 0.3) is 0 Å². The molecule has 2 fully saturated rings. The molecular weight excluding hydrogens is 344 g/mol. The molecule has 148 valence electrons. The van der Waals surface area contributed by atoms with Gasteiger partial charge in [0.1, 0.15) is 5.41 Å². The third kappa shape index (κ3) is 3.89. The molecule has 0 radical (unpaired) electrons. The number of ether oxygens (including phenoxy) is 2. The lowest BCUT2D eigenvalue weighted by Crippen LogP contribution is -2.50. The number of nitrogens with zero attached hydrogens (tertiary/aromatic N) is 1. The predicted molar refractivity (Wildman–Crippen MR) is 103 cm³/mol. The molecule has 1 atom stereocenters. The maximum atomic E-state index is 13.1. The van der Waals surface area contributed by atoms with Crippen LogP contribution in [-0.2, 0) is 16.1 Å². The molecule has 2 aliphatic rings. The van der Waals surface area contributed by atoms with Gasteiger partial charge in [-0.3, -0.25) is 9.59 Å². The molecule has 1 aliphatic carbocycles. The first kappa shape index (κ1) is 19.5. The topological polar surface area (TPSA) is 67.9 Å². The van der Waals surface area contributed by atoms with E-state index < -0.39 is 5.41 Å². The number of likely N-dealkylation sites (tertiary alicyclic amines) is 1. The molecule has 2 amide bonds. The molecule has 27 heavy (non-hydrogen) atoms. The fourth-order valence-corrected chi connectivity index (χ4v) is 3.97. The Morgan fingerprint density at radius 1 is 1.19 bits per heavy atom. The molecule has 1 unspecified atom stereocenters. The number of methoxy groups -OCH3 is 2. The monoisotopic (exact) mass is 374 g/mol. The number of hydrogen-bond donors (Lipinski definition) is 1. The lowest BCUT2D eigenvalue weighted by Gasteiger charge is -2.37. The molecule has 1 N–H and O–H groups in total. The van der Waals surface area contributed by atoms with Crippen LogP contribution in [0.4, 0.5) is 0 Å². The highest BCUT2D eigenvalue weighted by Crippen LogP contribution is 2.48. The van der Waals surface area contributed by atoms with E-state index in [-0.39, 0.29) is 17.9 Å². The van der Waals surface area contributed by atoms with E-state index in [9.17, 15) is 9.59 Å². The third-order valence-corrected chi connectivity index (χ3v) is 5.85. The van der Waals surface area contributed by atoms with Gasteiger partial charge in [-0.15, -0.1) is 0 Å². The van der Waals surface area contributed by atoms with E-state index in [1.165, 1.54) is 6.42 Å². The van der Waals surface area contributed by atoms with E-state index >= 15 is 0 Å². The van der Waals surface area contributed by atoms with Crippen molar-refractivity contribution in [3.05, 3.63) is 23.8 Å². The molecule has 6 heteroatoms. The quantitative estimate of drug-likeness (QED) is 0.745. The summed E-state index contributed by atoms with van der Waals surface area (Å²) in [6, 6.07) is 5.83. The molecule has 3 rings (SSSR count). The van der Waals surface area contributed by atoms with Gasteiger partial charge < -0.3 is 19.7 Å². The number of hydrogen-bond acceptors (Lipinski definition) is 4. The number of rotatable bonds is 7. The molecule has 0 spiro atoms. The van der Waals surface area contributed by atoms with Gasteiger partial charge in [-0.1, -0.05) is 13.0 Å². The summed E-state index contributed by atoms with van der Waals surface area (Å²) in [5.74, 6) is 1.15. The van der Waals surface area contributed by atoms with Gasteiger partial charge in [0.2, 0.25) is 11.8 Å². The summed E-state index contributed by atoms with van der Waals surface area (Å²) in [6.45, 7) is 3.26. The first-order chi connectivity index (χ1) is 13.1. The normalized spacial score (nSPS) is 20.7. The zero-order valence-electron chi connectivity index (χ0n) is 16.5. The number of piperidine rings is 1. The highest BCUT2D eigenvalue weighted by atomic mass is 16.5. The van der Waals surface area contributed by atoms with Crippen LogP contribution < -0.4 is 14.8 Å². The van der Waals surface area contributed by atoms with E-state index in [0.717, 1.165) is 31.4 Å². The molecule has 0 aromatic heterocycles. The van der Waals surface area contributed by atoms with Crippen molar-refractivity contribution in [2.45, 2.75) is 58.0 Å². The van der Waals surface area contributed by atoms with Gasteiger partial charge in [0, 0.05) is 19.1 Å². The van der Waals surface area contributed by atoms with E-state index in [0.29, 0.717) is 30.9 Å². The zero-order valence-corrected chi connectivity index (χ0v) is 16.5. The lowest BCUT2D eigenvalue weighted by molar-refractivity contribution is -0.147. The Labute approximate surface area is 161 Å². The standard InChI is InChI=1S/C21H30N2O4/c1-4-16-7-5-6-12-23(16)20(25)21(10-11-21)19(24)22-14-15-8-9-17(26-2)18(13-15)27-3/h8-9,13,16H,4-7,10-12,14H2,1-3H3,(H,22,24). The van der Waals surface area contributed by atoms with Gasteiger partial charge in [-0.05, 0) is 56.2 Å². The van der Waals surface area contributed by atoms with Crippen LogP contribution in [0.3, 0.4) is 0 Å². The van der Waals surface area contributed by atoms with E-state index in [2.05, 4.69) is 12.2 Å². The molecule has 1 saturated heterocycles. The van der Waals surface area contributed by atoms with Crippen molar-refractivity contribution in [1.29, 1.82) is 0 Å². The summed E-state index contributed by atoms with van der Waals surface area (Å²) in [6.07, 6.45) is 5.50. The highest BCUT2D eigenvalue weighted by Gasteiger charge is 2.58. The third-order valence-electron chi connectivity index (χ3n) is 5.85. The molecule has 1 aromatic rings. The summed E-state index contributed by atoms with van der Waals surface area (Å²) in [7, 11) is 3.17. The Morgan fingerprint density at radius 3 is 2.56 bits per heavy atom. The summed E-state index contributed by atoms with van der Waals surface area (Å²) >= 11 is 0. The fraction of sp³-hybridized carbons (Fsp3) is 0.619. The van der Waals surface area contributed by atoms with Crippen molar-refractivity contribution in [1.82, 2.24) is 10.2 Å². The van der Waals surface area contributed by atoms with Crippen LogP contribution >= 0.6 is 0 Å². The number of amides is 2. The van der Waals surface area contributed by atoms with Crippen molar-refractivity contribution in [2.24, 2.45) is 5.41 Å². The molecule has 6 nitrogen and oxygen atoms in total. The molecule has 1 saturated carbocycles. The van der Waals surface area contributed by atoms with Crippen LogP contribution in [-0.4, -0.2) is 43.5 Å². The first-order valence-electron chi connectivity index (χ1n) is 9.86. The molecule has 1 aromatic carbocycles. The SMILES string of the molecule is CCC1CCCCN1C(=O)C1(C(=O)NCc2ccc(OC)c(OC)c2)CC1. The average molecular weight is 374 g/mol. The average Bonchev–Trinajstić information content (AvgIpc) is 3.53. The van der Waals surface area contributed by atoms with Crippen molar-refractivity contribution >= 4 is 11.8 Å². The van der Waals surface area contributed by atoms with Crippen molar-refractivity contribution < 1.29 is 19.1 Å². The minimum Gasteiger partial charge on any atom is -0.493 e. The van der Waals surface area contributed by atoms with Crippen molar-refractivity contribution in [3.8, 4) is 11.5 Å². The number of carbonyl (C=O) groups is 2. The second-order valence-corrected chi connectivity index (χ2v) is 7.51. The summed E-state index contributed by atoms with van der Waals surface area (Å²) in [5.41, 5.74) is 0.0649. The summed E-state index contributed by atoms with van der Waals surface area (Å²) in [5, 5.41) is 2.96. The Bertz CT molecular complexity index is 699. The van der Waals surface area contributed by atoms with E-state index in [1.54, 1.807) is 14.2 Å². The minimum atomic E-state index is -0.846. The number of carbonyl (C=O) groups excluding carboxylic acids is 2. The summed E-state index contributed by atoms with van der Waals surface area (Å²) in [4.78, 5) is 27.9. The van der Waals surface area contributed by atoms with Crippen LogP contribution in [0, 0.1) is 5.41 Å². The Hall–Kier alpha value is -2.24. The smallest absolute Gasteiger partial charge is 0.238 e. The van der Waals surface area contributed by atoms with Crippen LogP contribution in [0.2, 0.25) is 0 Å². The van der Waals surface area contributed by atoms with Crippen molar-refractivity contribution in [3.63, 3.8) is 0 Å². The number of nitrogens with one attached hydrogen (secondary N) is 1.